The van der Waals surface area contributed by atoms with E-state index in [0.717, 1.165) is 38.6 Å². The molecule has 2 rings (SSSR count). The van der Waals surface area contributed by atoms with Gasteiger partial charge in [0.05, 0.1) is 0 Å². The minimum Gasteiger partial charge on any atom is -0.365 e. The van der Waals surface area contributed by atoms with Crippen LogP contribution in [0.2, 0.25) is 0 Å². The molecule has 0 fully saturated rings. The third-order valence-electron chi connectivity index (χ3n) is 6.68. The molecule has 0 bridgehead atoms. The highest BCUT2D eigenvalue weighted by molar-refractivity contribution is 5.38. The van der Waals surface area contributed by atoms with Crippen LogP contribution in [-0.4, -0.2) is 28.9 Å². The van der Waals surface area contributed by atoms with E-state index in [1.165, 1.54) is 29.2 Å². The summed E-state index contributed by atoms with van der Waals surface area (Å²) in [5.74, 6) is 0.548. The molecule has 0 saturated heterocycles. The Balaban J connectivity index is 0.00000334. The lowest BCUT2D eigenvalue weighted by Gasteiger charge is -2.34. The number of hydrogen-bond donors (Lipinski definition) is 1. The van der Waals surface area contributed by atoms with Gasteiger partial charge in [0.1, 0.15) is 0 Å². The van der Waals surface area contributed by atoms with Gasteiger partial charge in [-0.05, 0) is 96.1 Å². The molecule has 0 saturated carbocycles. The summed E-state index contributed by atoms with van der Waals surface area (Å²) in [4.78, 5) is 4.88. The lowest BCUT2D eigenvalue weighted by atomic mass is 9.95. The van der Waals surface area contributed by atoms with E-state index in [-0.39, 0.29) is 6.04 Å². The van der Waals surface area contributed by atoms with E-state index in [4.69, 9.17) is 5.73 Å². The minimum absolute atomic E-state index is 0.274. The van der Waals surface area contributed by atoms with Crippen LogP contribution >= 0.6 is 0 Å². The van der Waals surface area contributed by atoms with Crippen LogP contribution in [0, 0.1) is 5.92 Å². The summed E-state index contributed by atoms with van der Waals surface area (Å²) >= 11 is 0. The van der Waals surface area contributed by atoms with Gasteiger partial charge in [-0.2, -0.15) is 0 Å². The van der Waals surface area contributed by atoms with E-state index < -0.39 is 0 Å². The number of hydrogen-bond acceptors (Lipinski definition) is 3. The Kier molecular flexibility index (Phi) is 16.9. The van der Waals surface area contributed by atoms with Crippen LogP contribution in [0.15, 0.2) is 108 Å². The van der Waals surface area contributed by atoms with E-state index in [2.05, 4.69) is 117 Å². The highest BCUT2D eigenvalue weighted by atomic mass is 15.2. The molecule has 0 heterocycles. The van der Waals surface area contributed by atoms with Gasteiger partial charge in [-0.25, -0.2) is 0 Å². The summed E-state index contributed by atoms with van der Waals surface area (Å²) in [6.45, 7) is 18.2. The number of rotatable bonds is 13. The Labute approximate surface area is 228 Å². The molecular weight excluding hydrogens is 450 g/mol. The predicted octanol–water partition coefficient (Wildman–Crippen LogP) is 8.95. The average molecular weight is 504 g/mol. The lowest BCUT2D eigenvalue weighted by molar-refractivity contribution is 0.339. The molecule has 2 aliphatic rings. The van der Waals surface area contributed by atoms with Crippen molar-refractivity contribution in [2.75, 3.05) is 13.1 Å². The van der Waals surface area contributed by atoms with Gasteiger partial charge in [0.15, 0.2) is 0 Å². The number of allylic oxidation sites excluding steroid dienone is 12. The second-order valence-electron chi connectivity index (χ2n) is 9.20. The summed E-state index contributed by atoms with van der Waals surface area (Å²) in [5, 5.41) is 0. The Bertz CT molecular complexity index is 907. The normalized spacial score (nSPS) is 19.2. The molecule has 0 radical (unpaired) electrons. The van der Waals surface area contributed by atoms with Crippen LogP contribution in [0.3, 0.4) is 0 Å². The van der Waals surface area contributed by atoms with Gasteiger partial charge in [-0.3, -0.25) is 0 Å². The molecule has 204 valence electrons. The number of nitrogens with two attached hydrogens (primary N) is 1. The molecule has 0 aromatic carbocycles. The van der Waals surface area contributed by atoms with Gasteiger partial charge < -0.3 is 15.5 Å². The fraction of sp³-hybridized carbons (Fsp3) is 0.471. The quantitative estimate of drug-likeness (QED) is 0.201. The first-order chi connectivity index (χ1) is 18.1. The van der Waals surface area contributed by atoms with Gasteiger partial charge >= 0.3 is 0 Å². The van der Waals surface area contributed by atoms with E-state index in [0.29, 0.717) is 12.5 Å². The second-order valence-corrected chi connectivity index (χ2v) is 9.20. The van der Waals surface area contributed by atoms with E-state index >= 15 is 0 Å². The largest absolute Gasteiger partial charge is 0.365 e. The van der Waals surface area contributed by atoms with Crippen molar-refractivity contribution in [3.05, 3.63) is 108 Å². The molecule has 3 nitrogen and oxygen atoms in total. The van der Waals surface area contributed by atoms with Crippen molar-refractivity contribution >= 4 is 0 Å². The van der Waals surface area contributed by atoms with Crippen molar-refractivity contribution in [3.63, 3.8) is 0 Å². The molecule has 0 aromatic rings. The summed E-state index contributed by atoms with van der Waals surface area (Å²) in [7, 11) is 0. The molecule has 0 amide bonds. The molecule has 0 aliphatic heterocycles. The molecule has 2 N–H and O–H groups in total. The molecule has 0 aromatic heterocycles. The van der Waals surface area contributed by atoms with Crippen LogP contribution in [-0.2, 0) is 0 Å². The second kappa shape index (κ2) is 19.3. The van der Waals surface area contributed by atoms with Crippen LogP contribution in [0.4, 0.5) is 0 Å². The van der Waals surface area contributed by atoms with Gasteiger partial charge in [0.25, 0.3) is 0 Å². The van der Waals surface area contributed by atoms with Crippen molar-refractivity contribution in [2.45, 2.75) is 86.1 Å². The molecular formula is C34H53N3. The monoisotopic (exact) mass is 503 g/mol. The highest BCUT2D eigenvalue weighted by Crippen LogP contribution is 2.34. The highest BCUT2D eigenvalue weighted by Gasteiger charge is 2.23. The standard InChI is InChI=1S/C32H47N3.C2H6/c1-6-18-27(4)34(28(5)19-15-16-25-33)26-17-23-30(8-3)35(31-21-12-10-13-22-31)32-24-14-9-11-20-29(32)7-2;1-2/h6,8-9,12,14-15,17-19,21-24,28-29H,1,7,10-11,13,16,20,25-26,33H2,2-5H3;1-2H3/b19-15-,23-17-,27-18+,30-8+;. The van der Waals surface area contributed by atoms with E-state index in [1.54, 1.807) is 0 Å². The van der Waals surface area contributed by atoms with Crippen molar-refractivity contribution in [1.29, 1.82) is 0 Å². The average Bonchev–Trinajstić information content (AvgIpc) is 3.17. The zero-order valence-electron chi connectivity index (χ0n) is 24.5. The Morgan fingerprint density at radius 3 is 2.59 bits per heavy atom. The molecule has 0 spiro atoms. The van der Waals surface area contributed by atoms with Gasteiger partial charge in [-0.1, -0.05) is 82.0 Å². The minimum atomic E-state index is 0.274. The molecule has 37 heavy (non-hydrogen) atoms. The van der Waals surface area contributed by atoms with Crippen LogP contribution < -0.4 is 5.73 Å². The third-order valence-corrected chi connectivity index (χ3v) is 6.68. The molecule has 2 aliphatic carbocycles. The van der Waals surface area contributed by atoms with Gasteiger partial charge in [0.2, 0.25) is 0 Å². The Morgan fingerprint density at radius 2 is 1.97 bits per heavy atom. The van der Waals surface area contributed by atoms with Crippen molar-refractivity contribution < 1.29 is 0 Å². The maximum absolute atomic E-state index is 5.68. The summed E-state index contributed by atoms with van der Waals surface area (Å²) in [5.41, 5.74) is 10.8. The first-order valence-electron chi connectivity index (χ1n) is 14.4. The molecule has 2 unspecified atom stereocenters. The zero-order valence-corrected chi connectivity index (χ0v) is 24.5. The first-order valence-corrected chi connectivity index (χ1v) is 14.4. The van der Waals surface area contributed by atoms with Crippen molar-refractivity contribution in [2.24, 2.45) is 11.7 Å². The fourth-order valence-corrected chi connectivity index (χ4v) is 4.71. The topological polar surface area (TPSA) is 32.5 Å². The number of nitrogens with zero attached hydrogens (tertiary/aromatic N) is 2. The van der Waals surface area contributed by atoms with Crippen LogP contribution in [0.25, 0.3) is 0 Å². The predicted molar refractivity (Wildman–Crippen MR) is 166 cm³/mol. The summed E-state index contributed by atoms with van der Waals surface area (Å²) < 4.78 is 0. The Hall–Kier alpha value is -2.78. The smallest absolute Gasteiger partial charge is 0.0445 e. The van der Waals surface area contributed by atoms with E-state index in [1.807, 2.05) is 19.9 Å². The maximum atomic E-state index is 5.68. The SMILES string of the molecule is C=C/C=C(\C)N(C/C=C\C(=C/C)N(C1=CCCC=C1)C1=CC=CCCC1CC)C(C)/C=C\CCN.CC. The Morgan fingerprint density at radius 1 is 1.19 bits per heavy atom. The van der Waals surface area contributed by atoms with Crippen molar-refractivity contribution in [3.8, 4) is 0 Å². The summed E-state index contributed by atoms with van der Waals surface area (Å²) in [6, 6.07) is 0.274. The fourth-order valence-electron chi connectivity index (χ4n) is 4.71. The summed E-state index contributed by atoms with van der Waals surface area (Å²) in [6.07, 6.45) is 35.6. The van der Waals surface area contributed by atoms with E-state index in [9.17, 15) is 0 Å². The molecule has 3 heteroatoms. The van der Waals surface area contributed by atoms with Crippen LogP contribution in [0.1, 0.15) is 80.1 Å². The first kappa shape index (κ1) is 32.2. The lowest BCUT2D eigenvalue weighted by Crippen LogP contribution is -2.30. The maximum Gasteiger partial charge on any atom is 0.0445 e. The van der Waals surface area contributed by atoms with Gasteiger partial charge in [0, 0.05) is 35.4 Å². The molecule has 2 atom stereocenters. The van der Waals surface area contributed by atoms with Crippen molar-refractivity contribution in [1.82, 2.24) is 9.80 Å². The van der Waals surface area contributed by atoms with Gasteiger partial charge in [-0.15, -0.1) is 0 Å². The third kappa shape index (κ3) is 10.6. The zero-order chi connectivity index (χ0) is 27.5. The van der Waals surface area contributed by atoms with Crippen LogP contribution in [0.5, 0.6) is 0 Å².